The Morgan fingerprint density at radius 1 is 1.24 bits per heavy atom. The average Bonchev–Trinajstić information content (AvgIpc) is 3.05. The Morgan fingerprint density at radius 2 is 2.06 bits per heavy atom. The van der Waals surface area contributed by atoms with Crippen molar-refractivity contribution in [3.05, 3.63) is 24.0 Å². The SMILES string of the molecule is c1cc(OC2CCCC2)cc(CNC2CC2)n1. The number of hydrogen-bond donors (Lipinski definition) is 1. The lowest BCUT2D eigenvalue weighted by molar-refractivity contribution is 0.209. The Balaban J connectivity index is 1.56. The fraction of sp³-hybridized carbons (Fsp3) is 0.643. The van der Waals surface area contributed by atoms with Crippen LogP contribution in [0.1, 0.15) is 44.2 Å². The molecule has 1 heterocycles. The van der Waals surface area contributed by atoms with E-state index < -0.39 is 0 Å². The highest BCUT2D eigenvalue weighted by molar-refractivity contribution is 5.23. The van der Waals surface area contributed by atoms with Gasteiger partial charge in [0.15, 0.2) is 0 Å². The van der Waals surface area contributed by atoms with Crippen LogP contribution in [0.5, 0.6) is 5.75 Å². The van der Waals surface area contributed by atoms with Gasteiger partial charge in [0.05, 0.1) is 11.8 Å². The largest absolute Gasteiger partial charge is 0.490 e. The van der Waals surface area contributed by atoms with Gasteiger partial charge in [0, 0.05) is 24.8 Å². The van der Waals surface area contributed by atoms with Gasteiger partial charge in [-0.15, -0.1) is 0 Å². The molecule has 0 amide bonds. The molecule has 3 nitrogen and oxygen atoms in total. The minimum absolute atomic E-state index is 0.432. The van der Waals surface area contributed by atoms with Crippen LogP contribution >= 0.6 is 0 Å². The molecule has 0 aliphatic heterocycles. The molecule has 0 spiro atoms. The lowest BCUT2D eigenvalue weighted by Crippen LogP contribution is -2.16. The third kappa shape index (κ3) is 3.19. The third-order valence-corrected chi connectivity index (χ3v) is 3.54. The number of aromatic nitrogens is 1. The van der Waals surface area contributed by atoms with E-state index in [0.717, 1.165) is 24.0 Å². The van der Waals surface area contributed by atoms with E-state index in [1.54, 1.807) is 0 Å². The smallest absolute Gasteiger partial charge is 0.123 e. The van der Waals surface area contributed by atoms with Gasteiger partial charge in [0.1, 0.15) is 5.75 Å². The molecule has 0 aromatic carbocycles. The zero-order valence-corrected chi connectivity index (χ0v) is 10.2. The Labute approximate surface area is 103 Å². The first-order chi connectivity index (χ1) is 8.40. The summed E-state index contributed by atoms with van der Waals surface area (Å²) in [6.45, 7) is 0.868. The van der Waals surface area contributed by atoms with Gasteiger partial charge in [-0.05, 0) is 44.6 Å². The molecule has 3 rings (SSSR count). The molecule has 2 fully saturated rings. The van der Waals surface area contributed by atoms with Crippen LogP contribution in [0.15, 0.2) is 18.3 Å². The molecule has 17 heavy (non-hydrogen) atoms. The number of rotatable bonds is 5. The van der Waals surface area contributed by atoms with Crippen molar-refractivity contribution in [2.24, 2.45) is 0 Å². The quantitative estimate of drug-likeness (QED) is 0.847. The van der Waals surface area contributed by atoms with Gasteiger partial charge in [-0.3, -0.25) is 4.98 Å². The van der Waals surface area contributed by atoms with E-state index in [1.807, 2.05) is 12.3 Å². The van der Waals surface area contributed by atoms with Gasteiger partial charge in [-0.2, -0.15) is 0 Å². The van der Waals surface area contributed by atoms with Gasteiger partial charge in [0.25, 0.3) is 0 Å². The van der Waals surface area contributed by atoms with Crippen LogP contribution < -0.4 is 10.1 Å². The second-order valence-electron chi connectivity index (χ2n) is 5.16. The van der Waals surface area contributed by atoms with Crippen molar-refractivity contribution in [2.45, 2.75) is 57.2 Å². The lowest BCUT2D eigenvalue weighted by Gasteiger charge is -2.13. The van der Waals surface area contributed by atoms with Crippen LogP contribution in [0, 0.1) is 0 Å². The first kappa shape index (κ1) is 11.0. The van der Waals surface area contributed by atoms with Crippen molar-refractivity contribution in [3.63, 3.8) is 0 Å². The summed E-state index contributed by atoms with van der Waals surface area (Å²) in [4.78, 5) is 4.37. The highest BCUT2D eigenvalue weighted by Gasteiger charge is 2.20. The summed E-state index contributed by atoms with van der Waals surface area (Å²) >= 11 is 0. The molecule has 0 bridgehead atoms. The maximum Gasteiger partial charge on any atom is 0.123 e. The van der Waals surface area contributed by atoms with Crippen LogP contribution in [-0.2, 0) is 6.54 Å². The van der Waals surface area contributed by atoms with Gasteiger partial charge in [0.2, 0.25) is 0 Å². The molecule has 2 saturated carbocycles. The number of nitrogens with zero attached hydrogens (tertiary/aromatic N) is 1. The van der Waals surface area contributed by atoms with E-state index in [-0.39, 0.29) is 0 Å². The Kier molecular flexibility index (Phi) is 3.27. The van der Waals surface area contributed by atoms with Crippen LogP contribution in [0.4, 0.5) is 0 Å². The Morgan fingerprint density at radius 3 is 2.82 bits per heavy atom. The maximum absolute atomic E-state index is 5.97. The molecule has 1 aromatic heterocycles. The minimum Gasteiger partial charge on any atom is -0.490 e. The topological polar surface area (TPSA) is 34.1 Å². The van der Waals surface area contributed by atoms with Crippen molar-refractivity contribution in [1.82, 2.24) is 10.3 Å². The zero-order chi connectivity index (χ0) is 11.5. The highest BCUT2D eigenvalue weighted by atomic mass is 16.5. The van der Waals surface area contributed by atoms with E-state index in [2.05, 4.69) is 16.4 Å². The zero-order valence-electron chi connectivity index (χ0n) is 10.2. The monoisotopic (exact) mass is 232 g/mol. The minimum atomic E-state index is 0.432. The number of ether oxygens (including phenoxy) is 1. The van der Waals surface area contributed by atoms with E-state index in [4.69, 9.17) is 4.74 Å². The second-order valence-corrected chi connectivity index (χ2v) is 5.16. The summed E-state index contributed by atoms with van der Waals surface area (Å²) in [6.07, 6.45) is 9.96. The predicted octanol–water partition coefficient (Wildman–Crippen LogP) is 2.66. The average molecular weight is 232 g/mol. The molecule has 1 N–H and O–H groups in total. The third-order valence-electron chi connectivity index (χ3n) is 3.54. The molecule has 0 atom stereocenters. The van der Waals surface area contributed by atoms with Crippen molar-refractivity contribution in [3.8, 4) is 5.75 Å². The van der Waals surface area contributed by atoms with Crippen molar-refractivity contribution in [2.75, 3.05) is 0 Å². The molecular formula is C14H20N2O. The molecule has 1 aromatic rings. The summed E-state index contributed by atoms with van der Waals surface area (Å²) in [5, 5.41) is 3.48. The lowest BCUT2D eigenvalue weighted by atomic mass is 10.3. The summed E-state index contributed by atoms with van der Waals surface area (Å²) in [5.74, 6) is 0.986. The molecule has 92 valence electrons. The number of nitrogens with one attached hydrogen (secondary N) is 1. The maximum atomic E-state index is 5.97. The molecule has 0 unspecified atom stereocenters. The standard InChI is InChI=1S/C14H20N2O/c1-2-4-13(3-1)17-14-7-8-15-12(9-14)10-16-11-5-6-11/h7-9,11,13,16H,1-6,10H2. The van der Waals surface area contributed by atoms with Gasteiger partial charge < -0.3 is 10.1 Å². The van der Waals surface area contributed by atoms with Crippen LogP contribution in [0.25, 0.3) is 0 Å². The molecule has 0 radical (unpaired) electrons. The second kappa shape index (κ2) is 5.05. The molecule has 2 aliphatic rings. The van der Waals surface area contributed by atoms with Crippen LogP contribution in [0.3, 0.4) is 0 Å². The van der Waals surface area contributed by atoms with E-state index in [1.165, 1.54) is 38.5 Å². The fourth-order valence-corrected chi connectivity index (χ4v) is 2.36. The van der Waals surface area contributed by atoms with Gasteiger partial charge in [-0.25, -0.2) is 0 Å². The molecule has 0 saturated heterocycles. The predicted molar refractivity (Wildman–Crippen MR) is 67.0 cm³/mol. The summed E-state index contributed by atoms with van der Waals surface area (Å²) in [5.41, 5.74) is 1.09. The van der Waals surface area contributed by atoms with Crippen molar-refractivity contribution < 1.29 is 4.74 Å². The molecule has 3 heteroatoms. The Hall–Kier alpha value is -1.09. The first-order valence-corrected chi connectivity index (χ1v) is 6.75. The van der Waals surface area contributed by atoms with Gasteiger partial charge in [-0.1, -0.05) is 0 Å². The van der Waals surface area contributed by atoms with Crippen molar-refractivity contribution in [1.29, 1.82) is 0 Å². The summed E-state index contributed by atoms with van der Waals surface area (Å²) < 4.78 is 5.97. The normalized spacial score (nSPS) is 20.7. The van der Waals surface area contributed by atoms with Crippen molar-refractivity contribution >= 4 is 0 Å². The summed E-state index contributed by atoms with van der Waals surface area (Å²) in [7, 11) is 0. The van der Waals surface area contributed by atoms with Crippen LogP contribution in [-0.4, -0.2) is 17.1 Å². The van der Waals surface area contributed by atoms with Crippen LogP contribution in [0.2, 0.25) is 0 Å². The molecular weight excluding hydrogens is 212 g/mol. The Bertz CT molecular complexity index is 370. The van der Waals surface area contributed by atoms with E-state index in [0.29, 0.717) is 6.10 Å². The number of pyridine rings is 1. The molecule has 2 aliphatic carbocycles. The summed E-state index contributed by atoms with van der Waals surface area (Å²) in [6, 6.07) is 4.78. The fourth-order valence-electron chi connectivity index (χ4n) is 2.36. The number of hydrogen-bond acceptors (Lipinski definition) is 3. The van der Waals surface area contributed by atoms with E-state index in [9.17, 15) is 0 Å². The van der Waals surface area contributed by atoms with E-state index >= 15 is 0 Å². The van der Waals surface area contributed by atoms with Gasteiger partial charge >= 0.3 is 0 Å². The first-order valence-electron chi connectivity index (χ1n) is 6.75. The highest BCUT2D eigenvalue weighted by Crippen LogP contribution is 2.24.